The number of nitrogens with zero attached hydrogens (tertiary/aromatic N) is 2. The Bertz CT molecular complexity index is 835. The van der Waals surface area contributed by atoms with Crippen LogP contribution < -0.4 is 0 Å². The van der Waals surface area contributed by atoms with Gasteiger partial charge in [0.05, 0.1) is 23.9 Å². The zero-order valence-electron chi connectivity index (χ0n) is 12.8. The van der Waals surface area contributed by atoms with Crippen LogP contribution in [0.25, 0.3) is 11.3 Å². The lowest BCUT2D eigenvalue weighted by molar-refractivity contribution is 0.0299. The predicted molar refractivity (Wildman–Crippen MR) is 87.8 cm³/mol. The summed E-state index contributed by atoms with van der Waals surface area (Å²) in [6, 6.07) is 12.3. The molecule has 0 fully saturated rings. The number of aromatic nitrogens is 2. The summed E-state index contributed by atoms with van der Waals surface area (Å²) in [6.07, 6.45) is 9.66. The molecule has 0 N–H and O–H groups in total. The number of oxazole rings is 1. The fourth-order valence-electron chi connectivity index (χ4n) is 2.21. The standard InChI is InChI=1S/C19H14N2O3/c1-2-5-17(16-6-3-4-11-21-16)24-19(22)15-9-7-14(8-10-15)18-12-20-13-23-18/h1,3-4,6-13,17H,5H2/t17-/m0/s1. The molecule has 0 saturated carbocycles. The number of esters is 1. The van der Waals surface area contributed by atoms with Gasteiger partial charge < -0.3 is 9.15 Å². The van der Waals surface area contributed by atoms with Crippen molar-refractivity contribution in [1.29, 1.82) is 0 Å². The Kier molecular flexibility index (Phi) is 4.68. The van der Waals surface area contributed by atoms with E-state index in [1.165, 1.54) is 6.39 Å². The average molecular weight is 318 g/mol. The molecule has 3 rings (SSSR count). The van der Waals surface area contributed by atoms with Crippen LogP contribution in [-0.2, 0) is 4.74 Å². The molecule has 1 aromatic carbocycles. The van der Waals surface area contributed by atoms with Crippen LogP contribution in [0.4, 0.5) is 0 Å². The zero-order valence-corrected chi connectivity index (χ0v) is 12.8. The van der Waals surface area contributed by atoms with Crippen LogP contribution in [0.5, 0.6) is 0 Å². The highest BCUT2D eigenvalue weighted by Gasteiger charge is 2.18. The first-order chi connectivity index (χ1) is 11.8. The van der Waals surface area contributed by atoms with E-state index in [1.807, 2.05) is 6.07 Å². The van der Waals surface area contributed by atoms with Gasteiger partial charge in [0.15, 0.2) is 18.3 Å². The summed E-state index contributed by atoms with van der Waals surface area (Å²) >= 11 is 0. The molecular formula is C19H14N2O3. The molecule has 0 aliphatic heterocycles. The number of rotatable bonds is 5. The summed E-state index contributed by atoms with van der Waals surface area (Å²) in [5, 5.41) is 0. The number of benzene rings is 1. The number of carbonyl (C=O) groups excluding carboxylic acids is 1. The minimum atomic E-state index is -0.572. The van der Waals surface area contributed by atoms with Crippen LogP contribution in [0.1, 0.15) is 28.6 Å². The second-order valence-corrected chi connectivity index (χ2v) is 5.00. The number of hydrogen-bond donors (Lipinski definition) is 0. The molecule has 1 atom stereocenters. The highest BCUT2D eigenvalue weighted by Crippen LogP contribution is 2.22. The van der Waals surface area contributed by atoms with E-state index in [4.69, 9.17) is 15.6 Å². The van der Waals surface area contributed by atoms with Gasteiger partial charge in [-0.25, -0.2) is 9.78 Å². The number of ether oxygens (including phenoxy) is 1. The van der Waals surface area contributed by atoms with Crippen LogP contribution in [0.15, 0.2) is 65.7 Å². The van der Waals surface area contributed by atoms with E-state index in [9.17, 15) is 4.79 Å². The summed E-state index contributed by atoms with van der Waals surface area (Å²) in [6.45, 7) is 0. The molecule has 0 amide bonds. The molecule has 118 valence electrons. The normalized spacial score (nSPS) is 11.5. The van der Waals surface area contributed by atoms with Gasteiger partial charge in [-0.2, -0.15) is 0 Å². The lowest BCUT2D eigenvalue weighted by Gasteiger charge is -2.15. The second-order valence-electron chi connectivity index (χ2n) is 5.00. The molecule has 0 saturated heterocycles. The topological polar surface area (TPSA) is 65.2 Å². The van der Waals surface area contributed by atoms with Crippen molar-refractivity contribution in [2.75, 3.05) is 0 Å². The van der Waals surface area contributed by atoms with Crippen LogP contribution in [0, 0.1) is 12.3 Å². The van der Waals surface area contributed by atoms with E-state index in [1.54, 1.807) is 48.8 Å². The smallest absolute Gasteiger partial charge is 0.338 e. The van der Waals surface area contributed by atoms with Crippen LogP contribution in [0.2, 0.25) is 0 Å². The van der Waals surface area contributed by atoms with E-state index < -0.39 is 12.1 Å². The van der Waals surface area contributed by atoms with Gasteiger partial charge in [0.2, 0.25) is 0 Å². The Morgan fingerprint density at radius 2 is 2.08 bits per heavy atom. The van der Waals surface area contributed by atoms with Crippen LogP contribution in [-0.4, -0.2) is 15.9 Å². The summed E-state index contributed by atoms with van der Waals surface area (Å²) in [7, 11) is 0. The molecule has 0 unspecified atom stereocenters. The molecular weight excluding hydrogens is 304 g/mol. The quantitative estimate of drug-likeness (QED) is 0.530. The molecule has 0 spiro atoms. The first-order valence-electron chi connectivity index (χ1n) is 7.32. The molecule has 5 heteroatoms. The molecule has 3 aromatic rings. The molecule has 0 aliphatic rings. The highest BCUT2D eigenvalue weighted by molar-refractivity contribution is 5.90. The molecule has 2 aromatic heterocycles. The first-order valence-corrected chi connectivity index (χ1v) is 7.32. The summed E-state index contributed by atoms with van der Waals surface area (Å²) in [5.74, 6) is 2.69. The molecule has 2 heterocycles. The van der Waals surface area contributed by atoms with Gasteiger partial charge in [0, 0.05) is 11.8 Å². The van der Waals surface area contributed by atoms with Crippen molar-refractivity contribution in [3.8, 4) is 23.7 Å². The lowest BCUT2D eigenvalue weighted by atomic mass is 10.1. The zero-order chi connectivity index (χ0) is 16.8. The van der Waals surface area contributed by atoms with E-state index in [0.29, 0.717) is 17.0 Å². The van der Waals surface area contributed by atoms with Crippen molar-refractivity contribution in [3.05, 3.63) is 72.5 Å². The number of carbonyl (C=O) groups is 1. The summed E-state index contributed by atoms with van der Waals surface area (Å²) in [5.41, 5.74) is 1.88. The third-order valence-corrected chi connectivity index (χ3v) is 3.41. The largest absolute Gasteiger partial charge is 0.451 e. The Morgan fingerprint density at radius 3 is 2.71 bits per heavy atom. The van der Waals surface area contributed by atoms with Gasteiger partial charge >= 0.3 is 5.97 Å². The Hall–Kier alpha value is -3.39. The van der Waals surface area contributed by atoms with Crippen LogP contribution >= 0.6 is 0 Å². The van der Waals surface area contributed by atoms with E-state index in [2.05, 4.69) is 15.9 Å². The number of pyridine rings is 1. The van der Waals surface area contributed by atoms with Gasteiger partial charge in [0.1, 0.15) is 0 Å². The minimum Gasteiger partial charge on any atom is -0.451 e. The van der Waals surface area contributed by atoms with Gasteiger partial charge in [-0.3, -0.25) is 4.98 Å². The van der Waals surface area contributed by atoms with Gasteiger partial charge in [0.25, 0.3) is 0 Å². The van der Waals surface area contributed by atoms with E-state index in [-0.39, 0.29) is 6.42 Å². The van der Waals surface area contributed by atoms with Crippen molar-refractivity contribution >= 4 is 5.97 Å². The van der Waals surface area contributed by atoms with Gasteiger partial charge in [-0.1, -0.05) is 18.2 Å². The van der Waals surface area contributed by atoms with Gasteiger partial charge in [-0.15, -0.1) is 12.3 Å². The monoisotopic (exact) mass is 318 g/mol. The Balaban J connectivity index is 1.75. The van der Waals surface area contributed by atoms with Gasteiger partial charge in [-0.05, 0) is 24.3 Å². The van der Waals surface area contributed by atoms with Crippen molar-refractivity contribution in [3.63, 3.8) is 0 Å². The van der Waals surface area contributed by atoms with Crippen LogP contribution in [0.3, 0.4) is 0 Å². The maximum Gasteiger partial charge on any atom is 0.338 e. The van der Waals surface area contributed by atoms with Crippen molar-refractivity contribution in [2.45, 2.75) is 12.5 Å². The molecule has 5 nitrogen and oxygen atoms in total. The number of terminal acetylenes is 1. The molecule has 0 radical (unpaired) electrons. The Labute approximate surface area is 139 Å². The third kappa shape index (κ3) is 3.50. The molecule has 0 aliphatic carbocycles. The SMILES string of the molecule is C#CC[C@H](OC(=O)c1ccc(-c2cnco2)cc1)c1ccccn1. The fourth-order valence-corrected chi connectivity index (χ4v) is 2.21. The lowest BCUT2D eigenvalue weighted by Crippen LogP contribution is -2.12. The summed E-state index contributed by atoms with van der Waals surface area (Å²) in [4.78, 5) is 20.4. The highest BCUT2D eigenvalue weighted by atomic mass is 16.5. The molecule has 24 heavy (non-hydrogen) atoms. The number of hydrogen-bond acceptors (Lipinski definition) is 5. The predicted octanol–water partition coefficient (Wildman–Crippen LogP) is 3.66. The fraction of sp³-hybridized carbons (Fsp3) is 0.105. The second kappa shape index (κ2) is 7.25. The first kappa shape index (κ1) is 15.5. The van der Waals surface area contributed by atoms with E-state index >= 15 is 0 Å². The van der Waals surface area contributed by atoms with Crippen molar-refractivity contribution < 1.29 is 13.9 Å². The Morgan fingerprint density at radius 1 is 1.25 bits per heavy atom. The molecule has 0 bridgehead atoms. The third-order valence-electron chi connectivity index (χ3n) is 3.41. The minimum absolute atomic E-state index is 0.263. The average Bonchev–Trinajstić information content (AvgIpc) is 3.17. The summed E-state index contributed by atoms with van der Waals surface area (Å²) < 4.78 is 10.7. The maximum atomic E-state index is 12.3. The van der Waals surface area contributed by atoms with Crippen molar-refractivity contribution in [1.82, 2.24) is 9.97 Å². The van der Waals surface area contributed by atoms with E-state index in [0.717, 1.165) is 5.56 Å². The van der Waals surface area contributed by atoms with Crippen molar-refractivity contribution in [2.24, 2.45) is 0 Å². The maximum absolute atomic E-state index is 12.3.